The van der Waals surface area contributed by atoms with Crippen LogP contribution in [0.4, 0.5) is 0 Å². The molecule has 2 rings (SSSR count). The van der Waals surface area contributed by atoms with Crippen molar-refractivity contribution >= 4 is 0 Å². The summed E-state index contributed by atoms with van der Waals surface area (Å²) in [4.78, 5) is 2.53. The van der Waals surface area contributed by atoms with E-state index in [9.17, 15) is 10.2 Å². The Kier molecular flexibility index (Phi) is 11.1. The summed E-state index contributed by atoms with van der Waals surface area (Å²) in [5.74, 6) is 1.23. The highest BCUT2D eigenvalue weighted by atomic mass is 16.3. The quantitative estimate of drug-likeness (QED) is 0.286. The predicted octanol–water partition coefficient (Wildman–Crippen LogP) is 4.53. The lowest BCUT2D eigenvalue weighted by Crippen LogP contribution is -2.41. The minimum atomic E-state index is -0.364. The van der Waals surface area contributed by atoms with Crippen LogP contribution in [0, 0.1) is 17.8 Å². The molecule has 2 aliphatic rings. The first-order valence-corrected chi connectivity index (χ1v) is 12.5. The second-order valence-electron chi connectivity index (χ2n) is 10.1. The van der Waals surface area contributed by atoms with E-state index in [1.807, 2.05) is 6.08 Å². The highest BCUT2D eigenvalue weighted by Crippen LogP contribution is 2.47. The first-order valence-electron chi connectivity index (χ1n) is 12.5. The molecule has 0 aliphatic heterocycles. The van der Waals surface area contributed by atoms with Gasteiger partial charge in [-0.1, -0.05) is 50.0 Å². The summed E-state index contributed by atoms with van der Waals surface area (Å²) in [6, 6.07) is 1.18. The van der Waals surface area contributed by atoms with E-state index in [0.717, 1.165) is 51.7 Å². The van der Waals surface area contributed by atoms with Crippen LogP contribution in [-0.4, -0.2) is 59.0 Å². The molecule has 3 N–H and O–H groups in total. The van der Waals surface area contributed by atoms with Crippen LogP contribution in [-0.2, 0) is 0 Å². The molecule has 2 aliphatic carbocycles. The lowest BCUT2D eigenvalue weighted by molar-refractivity contribution is 0.139. The second kappa shape index (κ2) is 13.0. The van der Waals surface area contributed by atoms with Crippen molar-refractivity contribution in [2.75, 3.05) is 19.6 Å². The van der Waals surface area contributed by atoms with E-state index in [2.05, 4.69) is 57.0 Å². The van der Waals surface area contributed by atoms with E-state index in [1.54, 1.807) is 5.57 Å². The van der Waals surface area contributed by atoms with Crippen molar-refractivity contribution in [1.82, 2.24) is 10.2 Å². The molecule has 0 radical (unpaired) electrons. The fourth-order valence-corrected chi connectivity index (χ4v) is 5.44. The fraction of sp³-hybridized carbons (Fsp3) is 0.846. The maximum absolute atomic E-state index is 10.5. The standard InChI is InChI=1S/C26H48N2O2/c1-6-7-8-9-23(29)10-11-24-25-17-21(16-22(25)18-26(24)30)12-13-27-14-15-28(19(2)3)20(4)5/h10-11,16,19-20,22-27,29-30H,6-9,12-15,17-18H2,1-5H3/b11-10+/t22-,23-,24+,25-,26+/m0/s1. The number of hydrogen-bond donors (Lipinski definition) is 3. The first-order chi connectivity index (χ1) is 14.3. The van der Waals surface area contributed by atoms with Crippen LogP contribution in [0.25, 0.3) is 0 Å². The van der Waals surface area contributed by atoms with Crippen molar-refractivity contribution in [3.8, 4) is 0 Å². The van der Waals surface area contributed by atoms with Gasteiger partial charge in [-0.3, -0.25) is 4.90 Å². The van der Waals surface area contributed by atoms with Crippen molar-refractivity contribution in [3.05, 3.63) is 23.8 Å². The van der Waals surface area contributed by atoms with Gasteiger partial charge < -0.3 is 15.5 Å². The van der Waals surface area contributed by atoms with E-state index in [-0.39, 0.29) is 18.1 Å². The van der Waals surface area contributed by atoms with E-state index in [1.165, 1.54) is 12.8 Å². The molecule has 0 aromatic heterocycles. The third-order valence-corrected chi connectivity index (χ3v) is 7.11. The summed E-state index contributed by atoms with van der Waals surface area (Å²) in [6.07, 6.45) is 13.2. The monoisotopic (exact) mass is 420 g/mol. The van der Waals surface area contributed by atoms with Crippen LogP contribution >= 0.6 is 0 Å². The summed E-state index contributed by atoms with van der Waals surface area (Å²) < 4.78 is 0. The molecule has 30 heavy (non-hydrogen) atoms. The average molecular weight is 421 g/mol. The zero-order valence-electron chi connectivity index (χ0n) is 20.2. The van der Waals surface area contributed by atoms with Gasteiger partial charge in [0.25, 0.3) is 0 Å². The molecule has 1 saturated carbocycles. The molecule has 0 heterocycles. The number of aliphatic hydroxyl groups is 2. The summed E-state index contributed by atoms with van der Waals surface area (Å²) in [7, 11) is 0. The molecule has 0 saturated heterocycles. The Morgan fingerprint density at radius 2 is 1.90 bits per heavy atom. The third-order valence-electron chi connectivity index (χ3n) is 7.11. The van der Waals surface area contributed by atoms with Crippen LogP contribution in [0.5, 0.6) is 0 Å². The topological polar surface area (TPSA) is 55.7 Å². The Balaban J connectivity index is 1.72. The van der Waals surface area contributed by atoms with Crippen molar-refractivity contribution in [1.29, 1.82) is 0 Å². The van der Waals surface area contributed by atoms with Crippen LogP contribution in [0.2, 0.25) is 0 Å². The van der Waals surface area contributed by atoms with Gasteiger partial charge in [0.15, 0.2) is 0 Å². The van der Waals surface area contributed by atoms with E-state index in [0.29, 0.717) is 23.9 Å². The number of aliphatic hydroxyl groups excluding tert-OH is 2. The smallest absolute Gasteiger partial charge is 0.0721 e. The Morgan fingerprint density at radius 3 is 2.57 bits per heavy atom. The molecule has 5 atom stereocenters. The molecule has 4 nitrogen and oxygen atoms in total. The summed E-state index contributed by atoms with van der Waals surface area (Å²) in [5, 5.41) is 24.3. The van der Waals surface area contributed by atoms with Crippen LogP contribution in [0.15, 0.2) is 23.8 Å². The molecule has 4 heteroatoms. The molecule has 0 aromatic rings. The van der Waals surface area contributed by atoms with Gasteiger partial charge in [0.05, 0.1) is 12.2 Å². The average Bonchev–Trinajstić information content (AvgIpc) is 3.18. The number of hydrogen-bond acceptors (Lipinski definition) is 4. The number of nitrogens with zero attached hydrogens (tertiary/aromatic N) is 1. The minimum Gasteiger partial charge on any atom is -0.392 e. The maximum atomic E-state index is 10.5. The first kappa shape index (κ1) is 25.6. The van der Waals surface area contributed by atoms with Crippen LogP contribution < -0.4 is 5.32 Å². The number of unbranched alkanes of at least 4 members (excludes halogenated alkanes) is 2. The molecule has 0 aromatic carbocycles. The van der Waals surface area contributed by atoms with Crippen molar-refractivity contribution in [3.63, 3.8) is 0 Å². The van der Waals surface area contributed by atoms with Gasteiger partial charge in [-0.05, 0) is 71.8 Å². The van der Waals surface area contributed by atoms with Gasteiger partial charge in [0.2, 0.25) is 0 Å². The van der Waals surface area contributed by atoms with Gasteiger partial charge >= 0.3 is 0 Å². The Bertz CT molecular complexity index is 535. The fourth-order valence-electron chi connectivity index (χ4n) is 5.44. The van der Waals surface area contributed by atoms with Gasteiger partial charge in [0, 0.05) is 31.1 Å². The SMILES string of the molecule is CCCCC[C@H](O)/C=C/[C@@H]1[C@H]2CC(CCNCCN(C(C)C)C(C)C)=C[C@H]2C[C@H]1O. The molecule has 1 fully saturated rings. The molecule has 0 unspecified atom stereocenters. The summed E-state index contributed by atoms with van der Waals surface area (Å²) in [5.41, 5.74) is 1.55. The van der Waals surface area contributed by atoms with E-state index in [4.69, 9.17) is 0 Å². The van der Waals surface area contributed by atoms with Gasteiger partial charge in [0.1, 0.15) is 0 Å². The molecule has 174 valence electrons. The molecule has 0 amide bonds. The molecule has 0 spiro atoms. The van der Waals surface area contributed by atoms with E-state index < -0.39 is 0 Å². The van der Waals surface area contributed by atoms with Crippen LogP contribution in [0.3, 0.4) is 0 Å². The molecular formula is C26H48N2O2. The largest absolute Gasteiger partial charge is 0.392 e. The Hall–Kier alpha value is -0.680. The Labute approximate surface area is 185 Å². The number of rotatable bonds is 14. The van der Waals surface area contributed by atoms with Crippen molar-refractivity contribution < 1.29 is 10.2 Å². The third kappa shape index (κ3) is 7.78. The highest BCUT2D eigenvalue weighted by Gasteiger charge is 2.43. The second-order valence-corrected chi connectivity index (χ2v) is 10.1. The summed E-state index contributed by atoms with van der Waals surface area (Å²) >= 11 is 0. The highest BCUT2D eigenvalue weighted by molar-refractivity contribution is 5.21. The molecule has 0 bridgehead atoms. The lowest BCUT2D eigenvalue weighted by atomic mass is 9.88. The number of nitrogens with one attached hydrogen (secondary N) is 1. The zero-order valence-corrected chi connectivity index (χ0v) is 20.2. The lowest BCUT2D eigenvalue weighted by Gasteiger charge is -2.30. The van der Waals surface area contributed by atoms with Gasteiger partial charge in [-0.25, -0.2) is 0 Å². The minimum absolute atomic E-state index is 0.197. The van der Waals surface area contributed by atoms with Crippen molar-refractivity contribution in [2.45, 2.75) is 104 Å². The molecular weight excluding hydrogens is 372 g/mol. The van der Waals surface area contributed by atoms with E-state index >= 15 is 0 Å². The Morgan fingerprint density at radius 1 is 1.17 bits per heavy atom. The van der Waals surface area contributed by atoms with Crippen LogP contribution in [0.1, 0.15) is 79.6 Å². The number of allylic oxidation sites excluding steroid dienone is 1. The maximum Gasteiger partial charge on any atom is 0.0721 e. The van der Waals surface area contributed by atoms with Crippen molar-refractivity contribution in [2.24, 2.45) is 17.8 Å². The van der Waals surface area contributed by atoms with Gasteiger partial charge in [-0.2, -0.15) is 0 Å². The summed E-state index contributed by atoms with van der Waals surface area (Å²) in [6.45, 7) is 14.4. The van der Waals surface area contributed by atoms with Gasteiger partial charge in [-0.15, -0.1) is 0 Å². The number of fused-ring (bicyclic) bond motifs is 1. The normalized spacial score (nSPS) is 27.6. The predicted molar refractivity (Wildman–Crippen MR) is 128 cm³/mol. The zero-order chi connectivity index (χ0) is 22.1.